The van der Waals surface area contributed by atoms with Crippen LogP contribution >= 0.6 is 12.2 Å². The smallest absolute Gasteiger partial charge is 0.276 e. The van der Waals surface area contributed by atoms with Crippen LogP contribution in [-0.4, -0.2) is 36.7 Å². The van der Waals surface area contributed by atoms with Gasteiger partial charge in [-0.2, -0.15) is 0 Å². The fraction of sp³-hybridized carbons (Fsp3) is 0.333. The lowest BCUT2D eigenvalue weighted by atomic mass is 10.1. The van der Waals surface area contributed by atoms with E-state index in [2.05, 4.69) is 5.32 Å². The van der Waals surface area contributed by atoms with E-state index in [9.17, 15) is 4.79 Å². The first-order valence-corrected chi connectivity index (χ1v) is 7.08. The Hall–Kier alpha value is -2.08. The van der Waals surface area contributed by atoms with Gasteiger partial charge in [-0.3, -0.25) is 9.69 Å². The van der Waals surface area contributed by atoms with Gasteiger partial charge in [0.2, 0.25) is 0 Å². The second-order valence-corrected chi connectivity index (χ2v) is 4.94. The maximum atomic E-state index is 12.3. The predicted molar refractivity (Wildman–Crippen MR) is 85.3 cm³/mol. The van der Waals surface area contributed by atoms with Crippen LogP contribution in [0.4, 0.5) is 0 Å². The maximum absolute atomic E-state index is 12.3. The monoisotopic (exact) mass is 306 g/mol. The van der Waals surface area contributed by atoms with Crippen molar-refractivity contribution in [3.63, 3.8) is 0 Å². The number of nitrogens with zero attached hydrogens (tertiary/aromatic N) is 1. The zero-order valence-electron chi connectivity index (χ0n) is 12.3. The number of nitrogens with one attached hydrogen (secondary N) is 1. The normalized spacial score (nSPS) is 16.3. The molecule has 1 aliphatic rings. The van der Waals surface area contributed by atoms with Crippen molar-refractivity contribution in [1.82, 2.24) is 10.2 Å². The van der Waals surface area contributed by atoms with Gasteiger partial charge in [0.15, 0.2) is 5.11 Å². The molecule has 6 heteroatoms. The zero-order valence-corrected chi connectivity index (χ0v) is 13.1. The summed E-state index contributed by atoms with van der Waals surface area (Å²) in [5, 5.41) is 3.39. The van der Waals surface area contributed by atoms with E-state index >= 15 is 0 Å². The second kappa shape index (κ2) is 6.58. The van der Waals surface area contributed by atoms with Crippen LogP contribution in [0.3, 0.4) is 0 Å². The topological polar surface area (TPSA) is 50.8 Å². The number of hydrogen-bond donors (Lipinski definition) is 1. The summed E-state index contributed by atoms with van der Waals surface area (Å²) in [4.78, 5) is 13.8. The van der Waals surface area contributed by atoms with Crippen LogP contribution in [0, 0.1) is 0 Å². The highest BCUT2D eigenvalue weighted by Gasteiger charge is 2.29. The van der Waals surface area contributed by atoms with Crippen LogP contribution in [-0.2, 0) is 4.79 Å². The first-order valence-electron chi connectivity index (χ1n) is 6.67. The predicted octanol–water partition coefficient (Wildman–Crippen LogP) is 2.17. The van der Waals surface area contributed by atoms with Crippen LogP contribution in [0.25, 0.3) is 6.08 Å². The average molecular weight is 306 g/mol. The summed E-state index contributed by atoms with van der Waals surface area (Å²) in [5.74, 6) is 1.22. The first-order chi connectivity index (χ1) is 10.1. The molecule has 21 heavy (non-hydrogen) atoms. The van der Waals surface area contributed by atoms with E-state index in [-0.39, 0.29) is 5.91 Å². The van der Waals surface area contributed by atoms with Crippen LogP contribution < -0.4 is 14.8 Å². The summed E-state index contributed by atoms with van der Waals surface area (Å²) < 4.78 is 10.5. The van der Waals surface area contributed by atoms with Crippen molar-refractivity contribution in [2.45, 2.75) is 13.3 Å². The van der Waals surface area contributed by atoms with Crippen molar-refractivity contribution >= 4 is 29.3 Å². The Labute approximate surface area is 129 Å². The number of amides is 1. The molecule has 0 aromatic heterocycles. The number of hydrogen-bond acceptors (Lipinski definition) is 4. The minimum atomic E-state index is -0.111. The van der Waals surface area contributed by atoms with Crippen molar-refractivity contribution in [1.29, 1.82) is 0 Å². The molecule has 1 fully saturated rings. The maximum Gasteiger partial charge on any atom is 0.276 e. The second-order valence-electron chi connectivity index (χ2n) is 4.55. The molecule has 0 bridgehead atoms. The Morgan fingerprint density at radius 3 is 2.71 bits per heavy atom. The molecule has 1 amide bonds. The van der Waals surface area contributed by atoms with Crippen molar-refractivity contribution in [2.75, 3.05) is 20.8 Å². The van der Waals surface area contributed by atoms with E-state index < -0.39 is 0 Å². The molecule has 2 rings (SSSR count). The molecule has 1 aromatic carbocycles. The minimum Gasteiger partial charge on any atom is -0.497 e. The van der Waals surface area contributed by atoms with Crippen LogP contribution in [0.5, 0.6) is 11.5 Å². The molecule has 1 aromatic rings. The summed E-state index contributed by atoms with van der Waals surface area (Å²) in [6, 6.07) is 5.43. The number of thiocarbonyl (C=S) groups is 1. The molecule has 1 heterocycles. The van der Waals surface area contributed by atoms with Gasteiger partial charge in [-0.05, 0) is 36.8 Å². The van der Waals surface area contributed by atoms with Crippen LogP contribution in [0.1, 0.15) is 18.9 Å². The van der Waals surface area contributed by atoms with Crippen molar-refractivity contribution < 1.29 is 14.3 Å². The Balaban J connectivity index is 2.32. The van der Waals surface area contributed by atoms with Gasteiger partial charge in [0.1, 0.15) is 17.2 Å². The van der Waals surface area contributed by atoms with Crippen LogP contribution in [0.2, 0.25) is 0 Å². The summed E-state index contributed by atoms with van der Waals surface area (Å²) in [5.41, 5.74) is 1.24. The molecule has 0 spiro atoms. The Morgan fingerprint density at radius 1 is 1.33 bits per heavy atom. The highest BCUT2D eigenvalue weighted by atomic mass is 32.1. The molecule has 0 aliphatic carbocycles. The van der Waals surface area contributed by atoms with E-state index in [1.54, 1.807) is 31.3 Å². The molecular formula is C15H18N2O3S. The van der Waals surface area contributed by atoms with E-state index in [1.165, 1.54) is 0 Å². The third kappa shape index (κ3) is 3.16. The molecule has 0 radical (unpaired) electrons. The Bertz CT molecular complexity index is 599. The van der Waals surface area contributed by atoms with Gasteiger partial charge in [-0.25, -0.2) is 0 Å². The summed E-state index contributed by atoms with van der Waals surface area (Å²) >= 11 is 5.18. The van der Waals surface area contributed by atoms with Gasteiger partial charge in [0, 0.05) is 18.2 Å². The number of ether oxygens (including phenoxy) is 2. The summed E-state index contributed by atoms with van der Waals surface area (Å²) in [6.07, 6.45) is 2.59. The number of carbonyl (C=O) groups excluding carboxylic acids is 1. The highest BCUT2D eigenvalue weighted by Crippen LogP contribution is 2.27. The molecule has 0 atom stereocenters. The van der Waals surface area contributed by atoms with E-state index in [1.807, 2.05) is 19.1 Å². The number of methoxy groups -OCH3 is 2. The van der Waals surface area contributed by atoms with Crippen molar-refractivity contribution in [2.24, 2.45) is 0 Å². The van der Waals surface area contributed by atoms with E-state index in [0.29, 0.717) is 28.9 Å². The first kappa shape index (κ1) is 15.3. The lowest BCUT2D eigenvalue weighted by molar-refractivity contribution is -0.122. The molecule has 5 nitrogen and oxygen atoms in total. The highest BCUT2D eigenvalue weighted by molar-refractivity contribution is 7.80. The van der Waals surface area contributed by atoms with Crippen molar-refractivity contribution in [3.05, 3.63) is 29.5 Å². The number of rotatable bonds is 5. The average Bonchev–Trinajstić information content (AvgIpc) is 2.75. The van der Waals surface area contributed by atoms with Gasteiger partial charge in [0.25, 0.3) is 5.91 Å². The van der Waals surface area contributed by atoms with Gasteiger partial charge < -0.3 is 14.8 Å². The third-order valence-electron chi connectivity index (χ3n) is 3.15. The summed E-state index contributed by atoms with van der Waals surface area (Å²) in [6.45, 7) is 2.62. The zero-order chi connectivity index (χ0) is 15.4. The Kier molecular flexibility index (Phi) is 4.80. The minimum absolute atomic E-state index is 0.111. The van der Waals surface area contributed by atoms with Crippen molar-refractivity contribution in [3.8, 4) is 11.5 Å². The Morgan fingerprint density at radius 2 is 2.10 bits per heavy atom. The van der Waals surface area contributed by atoms with Gasteiger partial charge in [0.05, 0.1) is 14.2 Å². The third-order valence-corrected chi connectivity index (χ3v) is 3.47. The largest absolute Gasteiger partial charge is 0.497 e. The molecule has 0 saturated carbocycles. The molecule has 1 N–H and O–H groups in total. The quantitative estimate of drug-likeness (QED) is 0.667. The van der Waals surface area contributed by atoms with E-state index in [0.717, 1.165) is 12.0 Å². The fourth-order valence-electron chi connectivity index (χ4n) is 2.09. The standard InChI is InChI=1S/C15H18N2O3S/c1-4-7-17-14(18)12(16-15(17)21)8-10-5-6-11(19-2)9-13(10)20-3/h5-6,8-9H,4,7H2,1-3H3,(H,16,21). The van der Waals surface area contributed by atoms with Crippen LogP contribution in [0.15, 0.2) is 23.9 Å². The molecule has 1 saturated heterocycles. The SMILES string of the molecule is CCCN1C(=O)C(=Cc2ccc(OC)cc2OC)NC1=S. The van der Waals surface area contributed by atoms with Gasteiger partial charge in [-0.1, -0.05) is 6.92 Å². The molecule has 1 aliphatic heterocycles. The number of benzene rings is 1. The summed E-state index contributed by atoms with van der Waals surface area (Å²) in [7, 11) is 3.17. The molecular weight excluding hydrogens is 288 g/mol. The van der Waals surface area contributed by atoms with Gasteiger partial charge in [-0.15, -0.1) is 0 Å². The lowest BCUT2D eigenvalue weighted by Crippen LogP contribution is -2.31. The molecule has 112 valence electrons. The molecule has 0 unspecified atom stereocenters. The lowest BCUT2D eigenvalue weighted by Gasteiger charge is -2.11. The van der Waals surface area contributed by atoms with Gasteiger partial charge >= 0.3 is 0 Å². The number of carbonyl (C=O) groups is 1. The fourth-order valence-corrected chi connectivity index (χ4v) is 2.38. The van der Waals surface area contributed by atoms with E-state index in [4.69, 9.17) is 21.7 Å².